The van der Waals surface area contributed by atoms with Gasteiger partial charge in [0.15, 0.2) is 0 Å². The van der Waals surface area contributed by atoms with Gasteiger partial charge in [-0.05, 0) is 53.5 Å². The molecular weight excluding hydrogens is 358 g/mol. The first kappa shape index (κ1) is 19.3. The average Bonchev–Trinajstić information content (AvgIpc) is 2.62. The Morgan fingerprint density at radius 3 is 2.56 bits per heavy atom. The highest BCUT2D eigenvalue weighted by atomic mass is 35.5. The Morgan fingerprint density at radius 2 is 1.96 bits per heavy atom. The highest BCUT2D eigenvalue weighted by Crippen LogP contribution is 2.56. The van der Waals surface area contributed by atoms with Gasteiger partial charge in [-0.15, -0.1) is 0 Å². The van der Waals surface area contributed by atoms with Gasteiger partial charge >= 0.3 is 0 Å². The van der Waals surface area contributed by atoms with E-state index in [0.717, 1.165) is 12.0 Å². The van der Waals surface area contributed by atoms with Crippen molar-refractivity contribution in [3.05, 3.63) is 64.2 Å². The normalized spacial score (nSPS) is 23.1. The van der Waals surface area contributed by atoms with Crippen molar-refractivity contribution in [3.8, 4) is 6.07 Å². The molecule has 0 spiro atoms. The Kier molecular flexibility index (Phi) is 4.92. The summed E-state index contributed by atoms with van der Waals surface area (Å²) < 4.78 is 0. The van der Waals surface area contributed by atoms with E-state index in [-0.39, 0.29) is 22.8 Å². The quantitative estimate of drug-likeness (QED) is 0.761. The molecule has 0 aliphatic heterocycles. The molecule has 1 unspecified atom stereocenters. The lowest BCUT2D eigenvalue weighted by Crippen LogP contribution is -2.65. The predicted molar refractivity (Wildman–Crippen MR) is 108 cm³/mol. The Hall–Kier alpha value is -2.51. The number of nitriles is 1. The molecule has 2 atom stereocenters. The zero-order valence-electron chi connectivity index (χ0n) is 15.8. The minimum Gasteiger partial charge on any atom is -0.398 e. The molecule has 1 aliphatic rings. The van der Waals surface area contributed by atoms with Crippen LogP contribution in [0.5, 0.6) is 0 Å². The summed E-state index contributed by atoms with van der Waals surface area (Å²) in [5.41, 5.74) is 8.54. The van der Waals surface area contributed by atoms with Crippen LogP contribution in [0.25, 0.3) is 0 Å². The number of nitrogens with two attached hydrogens (primary N) is 1. The molecule has 1 amide bonds. The van der Waals surface area contributed by atoms with Crippen LogP contribution in [0.3, 0.4) is 0 Å². The zero-order valence-corrected chi connectivity index (χ0v) is 16.6. The van der Waals surface area contributed by atoms with Crippen molar-refractivity contribution in [3.63, 3.8) is 0 Å². The van der Waals surface area contributed by atoms with Crippen molar-refractivity contribution in [1.29, 1.82) is 5.26 Å². The number of nitrogens with zero attached hydrogens (tertiary/aromatic N) is 1. The standard InChI is InChI=1S/C22H24ClN3O/c1-21(2)13-22(3,11-15-9-16(12-24)17(23)10-18(15)25)20(21)26-19(27)14-7-5-4-6-8-14/h4-10,20H,11,13,25H2,1-3H3,(H,26,27)/t20-,22?/m0/s1. The Morgan fingerprint density at radius 1 is 1.30 bits per heavy atom. The van der Waals surface area contributed by atoms with Crippen LogP contribution in [-0.4, -0.2) is 11.9 Å². The number of hydrogen-bond donors (Lipinski definition) is 2. The predicted octanol–water partition coefficient (Wildman–Crippen LogP) is 4.57. The summed E-state index contributed by atoms with van der Waals surface area (Å²) in [6, 6.07) is 14.8. The summed E-state index contributed by atoms with van der Waals surface area (Å²) in [4.78, 5) is 12.7. The van der Waals surface area contributed by atoms with Crippen molar-refractivity contribution in [1.82, 2.24) is 5.32 Å². The van der Waals surface area contributed by atoms with Crippen molar-refractivity contribution < 1.29 is 4.79 Å². The van der Waals surface area contributed by atoms with Crippen molar-refractivity contribution in [2.75, 3.05) is 5.73 Å². The SMILES string of the molecule is CC1(C)CC(C)(Cc2cc(C#N)c(Cl)cc2N)[C@H]1NC(=O)c1ccccc1. The largest absolute Gasteiger partial charge is 0.398 e. The van der Waals surface area contributed by atoms with E-state index >= 15 is 0 Å². The number of carbonyl (C=O) groups excluding carboxylic acids is 1. The zero-order chi connectivity index (χ0) is 19.8. The lowest BCUT2D eigenvalue weighted by Gasteiger charge is -2.59. The van der Waals surface area contributed by atoms with E-state index in [4.69, 9.17) is 17.3 Å². The second-order valence-electron chi connectivity index (χ2n) is 8.41. The molecule has 140 valence electrons. The highest BCUT2D eigenvalue weighted by molar-refractivity contribution is 6.32. The van der Waals surface area contributed by atoms with Crippen LogP contribution in [0, 0.1) is 22.2 Å². The van der Waals surface area contributed by atoms with Crippen molar-refractivity contribution in [2.45, 2.75) is 39.7 Å². The molecule has 3 rings (SSSR count). The molecule has 0 radical (unpaired) electrons. The minimum atomic E-state index is -0.150. The summed E-state index contributed by atoms with van der Waals surface area (Å²) >= 11 is 6.07. The number of halogens is 1. The summed E-state index contributed by atoms with van der Waals surface area (Å²) in [5.74, 6) is -0.0682. The molecule has 2 aromatic carbocycles. The molecule has 0 saturated heterocycles. The number of rotatable bonds is 4. The molecule has 0 bridgehead atoms. The maximum absolute atomic E-state index is 12.7. The monoisotopic (exact) mass is 381 g/mol. The second-order valence-corrected chi connectivity index (χ2v) is 8.82. The first-order chi connectivity index (χ1) is 12.7. The van der Waals surface area contributed by atoms with E-state index in [2.05, 4.69) is 32.2 Å². The van der Waals surface area contributed by atoms with Crippen LogP contribution < -0.4 is 11.1 Å². The molecule has 4 nitrogen and oxygen atoms in total. The Bertz CT molecular complexity index is 917. The van der Waals surface area contributed by atoms with E-state index in [1.165, 1.54) is 0 Å². The molecule has 1 fully saturated rings. The smallest absolute Gasteiger partial charge is 0.251 e. The fourth-order valence-electron chi connectivity index (χ4n) is 4.70. The van der Waals surface area contributed by atoms with Gasteiger partial charge in [-0.2, -0.15) is 5.26 Å². The number of benzene rings is 2. The third-order valence-corrected chi connectivity index (χ3v) is 5.91. The summed E-state index contributed by atoms with van der Waals surface area (Å²) in [5, 5.41) is 12.8. The highest BCUT2D eigenvalue weighted by Gasteiger charge is 2.56. The van der Waals surface area contributed by atoms with Gasteiger partial charge in [-0.3, -0.25) is 4.79 Å². The molecule has 3 N–H and O–H groups in total. The third-order valence-electron chi connectivity index (χ3n) is 5.59. The average molecular weight is 382 g/mol. The summed E-state index contributed by atoms with van der Waals surface area (Å²) in [7, 11) is 0. The van der Waals surface area contributed by atoms with E-state index in [0.29, 0.717) is 28.3 Å². The van der Waals surface area contributed by atoms with Crippen molar-refractivity contribution >= 4 is 23.2 Å². The lowest BCUT2D eigenvalue weighted by molar-refractivity contribution is -0.0498. The van der Waals surface area contributed by atoms with Gasteiger partial charge < -0.3 is 11.1 Å². The number of nitrogens with one attached hydrogen (secondary N) is 1. The molecule has 1 saturated carbocycles. The first-order valence-corrected chi connectivity index (χ1v) is 9.38. The summed E-state index contributed by atoms with van der Waals surface area (Å²) in [6.45, 7) is 6.49. The van der Waals surface area contributed by atoms with Gasteiger partial charge in [0.2, 0.25) is 0 Å². The summed E-state index contributed by atoms with van der Waals surface area (Å²) in [6.07, 6.45) is 1.62. The number of anilines is 1. The van der Waals surface area contributed by atoms with Crippen LogP contribution in [0.1, 0.15) is 48.7 Å². The van der Waals surface area contributed by atoms with Gasteiger partial charge in [0.25, 0.3) is 5.91 Å². The fourth-order valence-corrected chi connectivity index (χ4v) is 4.92. The molecule has 0 heterocycles. The van der Waals surface area contributed by atoms with Gasteiger partial charge in [-0.25, -0.2) is 0 Å². The first-order valence-electron chi connectivity index (χ1n) is 9.00. The Labute approximate surface area is 165 Å². The van der Waals surface area contributed by atoms with Crippen LogP contribution >= 0.6 is 11.6 Å². The lowest BCUT2D eigenvalue weighted by atomic mass is 9.49. The van der Waals surface area contributed by atoms with Crippen LogP contribution in [0.4, 0.5) is 5.69 Å². The van der Waals surface area contributed by atoms with Gasteiger partial charge in [0.05, 0.1) is 10.6 Å². The van der Waals surface area contributed by atoms with Crippen LogP contribution in [-0.2, 0) is 6.42 Å². The van der Waals surface area contributed by atoms with Gasteiger partial charge in [0, 0.05) is 17.3 Å². The van der Waals surface area contributed by atoms with Gasteiger partial charge in [-0.1, -0.05) is 50.6 Å². The molecule has 0 aromatic heterocycles. The minimum absolute atomic E-state index is 0.00156. The topological polar surface area (TPSA) is 78.9 Å². The number of hydrogen-bond acceptors (Lipinski definition) is 3. The van der Waals surface area contributed by atoms with E-state index in [1.807, 2.05) is 30.3 Å². The number of carbonyl (C=O) groups is 1. The maximum atomic E-state index is 12.7. The molecule has 27 heavy (non-hydrogen) atoms. The van der Waals surface area contributed by atoms with Crippen molar-refractivity contribution in [2.24, 2.45) is 10.8 Å². The van der Waals surface area contributed by atoms with E-state index in [9.17, 15) is 10.1 Å². The van der Waals surface area contributed by atoms with Crippen LogP contribution in [0.2, 0.25) is 5.02 Å². The molecule has 2 aromatic rings. The molecule has 1 aliphatic carbocycles. The number of nitrogen functional groups attached to an aromatic ring is 1. The van der Waals surface area contributed by atoms with Gasteiger partial charge in [0.1, 0.15) is 6.07 Å². The fraction of sp³-hybridized carbons (Fsp3) is 0.364. The maximum Gasteiger partial charge on any atom is 0.251 e. The van der Waals surface area contributed by atoms with E-state index < -0.39 is 0 Å². The molecule has 5 heteroatoms. The number of amides is 1. The Balaban J connectivity index is 1.85. The molecular formula is C22H24ClN3O. The van der Waals surface area contributed by atoms with E-state index in [1.54, 1.807) is 12.1 Å². The third kappa shape index (κ3) is 3.65. The van der Waals surface area contributed by atoms with Crippen LogP contribution in [0.15, 0.2) is 42.5 Å². The second kappa shape index (κ2) is 6.90.